The molecule has 0 bridgehead atoms. The molecule has 1 aliphatic rings. The van der Waals surface area contributed by atoms with Crippen LogP contribution in [-0.4, -0.2) is 22.8 Å². The quantitative estimate of drug-likeness (QED) is 0.196. The summed E-state index contributed by atoms with van der Waals surface area (Å²) in [4.78, 5) is 38.7. The molecule has 8 nitrogen and oxygen atoms in total. The van der Waals surface area contributed by atoms with Crippen molar-refractivity contribution in [2.45, 2.75) is 0 Å². The van der Waals surface area contributed by atoms with E-state index in [0.29, 0.717) is 11.1 Å². The zero-order valence-electron chi connectivity index (χ0n) is 16.2. The standard InChI is InChI=1S/C23H13FN2O6/c24-17-8-4-15(5-9-17)21-25-20(23(28)32-21)13-14-2-1-3-19(12-14)31-22(27)16-6-10-18(11-7-16)26(29)30/h1-13H/b20-13-. The van der Waals surface area contributed by atoms with Crippen LogP contribution in [0.2, 0.25) is 0 Å². The molecule has 0 aliphatic carbocycles. The minimum absolute atomic E-state index is 0.0307. The number of nitrogens with zero attached hydrogens (tertiary/aromatic N) is 2. The van der Waals surface area contributed by atoms with Crippen LogP contribution in [0.25, 0.3) is 6.08 Å². The van der Waals surface area contributed by atoms with Gasteiger partial charge in [0, 0.05) is 17.7 Å². The minimum atomic E-state index is -0.693. The number of hydrogen-bond donors (Lipinski definition) is 0. The van der Waals surface area contributed by atoms with Crippen LogP contribution in [0.1, 0.15) is 21.5 Å². The fourth-order valence-electron chi connectivity index (χ4n) is 2.84. The lowest BCUT2D eigenvalue weighted by molar-refractivity contribution is -0.384. The largest absolute Gasteiger partial charge is 0.423 e. The molecule has 0 saturated heterocycles. The zero-order chi connectivity index (χ0) is 22.7. The molecule has 1 aliphatic heterocycles. The molecule has 0 radical (unpaired) electrons. The predicted molar refractivity (Wildman–Crippen MR) is 112 cm³/mol. The van der Waals surface area contributed by atoms with Gasteiger partial charge in [-0.15, -0.1) is 0 Å². The number of carbonyl (C=O) groups excluding carboxylic acids is 2. The van der Waals surface area contributed by atoms with Crippen molar-refractivity contribution in [2.75, 3.05) is 0 Å². The van der Waals surface area contributed by atoms with Crippen molar-refractivity contribution >= 4 is 29.6 Å². The first-order valence-electron chi connectivity index (χ1n) is 9.24. The fraction of sp³-hybridized carbons (Fsp3) is 0. The minimum Gasteiger partial charge on any atom is -0.423 e. The molecule has 0 spiro atoms. The van der Waals surface area contributed by atoms with Crippen LogP contribution in [0.4, 0.5) is 10.1 Å². The Bertz CT molecular complexity index is 1280. The Morgan fingerprint density at radius 3 is 2.47 bits per heavy atom. The number of hydrogen-bond acceptors (Lipinski definition) is 7. The molecular weight excluding hydrogens is 419 g/mol. The Morgan fingerprint density at radius 1 is 1.06 bits per heavy atom. The number of esters is 2. The van der Waals surface area contributed by atoms with Crippen LogP contribution in [0.5, 0.6) is 5.75 Å². The molecule has 0 fully saturated rings. The molecule has 9 heteroatoms. The third kappa shape index (κ3) is 4.57. The van der Waals surface area contributed by atoms with Crippen molar-refractivity contribution < 1.29 is 28.4 Å². The lowest BCUT2D eigenvalue weighted by Gasteiger charge is -2.05. The number of carbonyl (C=O) groups is 2. The van der Waals surface area contributed by atoms with E-state index in [2.05, 4.69) is 4.99 Å². The number of non-ortho nitro benzene ring substituents is 1. The summed E-state index contributed by atoms with van der Waals surface area (Å²) in [6.45, 7) is 0. The smallest absolute Gasteiger partial charge is 0.363 e. The topological polar surface area (TPSA) is 108 Å². The summed E-state index contributed by atoms with van der Waals surface area (Å²) >= 11 is 0. The number of halogens is 1. The number of benzene rings is 3. The van der Waals surface area contributed by atoms with Gasteiger partial charge in [0.15, 0.2) is 5.70 Å². The molecule has 0 amide bonds. The lowest BCUT2D eigenvalue weighted by Crippen LogP contribution is -2.08. The molecule has 3 aromatic carbocycles. The molecule has 0 saturated carbocycles. The van der Waals surface area contributed by atoms with Gasteiger partial charge in [0.2, 0.25) is 5.90 Å². The van der Waals surface area contributed by atoms with Crippen LogP contribution in [0.15, 0.2) is 83.5 Å². The second-order valence-corrected chi connectivity index (χ2v) is 6.61. The van der Waals surface area contributed by atoms with Gasteiger partial charge in [-0.05, 0) is 60.2 Å². The molecule has 0 N–H and O–H groups in total. The van der Waals surface area contributed by atoms with Gasteiger partial charge in [0.05, 0.1) is 10.5 Å². The maximum Gasteiger partial charge on any atom is 0.363 e. The van der Waals surface area contributed by atoms with Crippen molar-refractivity contribution in [1.29, 1.82) is 0 Å². The first kappa shape index (κ1) is 20.6. The van der Waals surface area contributed by atoms with Gasteiger partial charge in [0.25, 0.3) is 5.69 Å². The summed E-state index contributed by atoms with van der Waals surface area (Å²) in [5.41, 5.74) is 1.01. The van der Waals surface area contributed by atoms with Crippen LogP contribution in [0, 0.1) is 15.9 Å². The van der Waals surface area contributed by atoms with Crippen molar-refractivity contribution in [2.24, 2.45) is 4.99 Å². The normalized spacial score (nSPS) is 14.1. The summed E-state index contributed by atoms with van der Waals surface area (Å²) in [5.74, 6) is -1.52. The lowest BCUT2D eigenvalue weighted by atomic mass is 10.1. The highest BCUT2D eigenvalue weighted by molar-refractivity contribution is 6.12. The maximum absolute atomic E-state index is 13.1. The Hall–Kier alpha value is -4.66. The number of ether oxygens (including phenoxy) is 2. The number of cyclic esters (lactones) is 1. The molecule has 158 valence electrons. The first-order chi connectivity index (χ1) is 15.4. The zero-order valence-corrected chi connectivity index (χ0v) is 16.2. The molecule has 32 heavy (non-hydrogen) atoms. The predicted octanol–water partition coefficient (Wildman–Crippen LogP) is 4.30. The SMILES string of the molecule is O=C1OC(c2ccc(F)cc2)=N/C1=C\c1cccc(OC(=O)c2ccc([N+](=O)[O-])cc2)c1. The Morgan fingerprint density at radius 2 is 1.78 bits per heavy atom. The number of nitro benzene ring substituents is 1. The number of rotatable bonds is 5. The first-order valence-corrected chi connectivity index (χ1v) is 9.24. The monoisotopic (exact) mass is 432 g/mol. The van der Waals surface area contributed by atoms with E-state index in [0.717, 1.165) is 0 Å². The van der Waals surface area contributed by atoms with E-state index in [1.54, 1.807) is 18.2 Å². The van der Waals surface area contributed by atoms with Crippen molar-refractivity contribution in [3.05, 3.63) is 111 Å². The average Bonchev–Trinajstić information content (AvgIpc) is 3.14. The Labute approximate surface area is 180 Å². The van der Waals surface area contributed by atoms with Gasteiger partial charge in [0.1, 0.15) is 11.6 Å². The van der Waals surface area contributed by atoms with Gasteiger partial charge in [-0.1, -0.05) is 12.1 Å². The van der Waals surface area contributed by atoms with Crippen LogP contribution >= 0.6 is 0 Å². The molecule has 1 heterocycles. The summed E-state index contributed by atoms with van der Waals surface area (Å²) in [5, 5.41) is 10.7. The van der Waals surface area contributed by atoms with Crippen molar-refractivity contribution in [3.63, 3.8) is 0 Å². The molecule has 3 aromatic rings. The highest BCUT2D eigenvalue weighted by Crippen LogP contribution is 2.22. The maximum atomic E-state index is 13.1. The number of nitro groups is 1. The summed E-state index contributed by atoms with van der Waals surface area (Å²) < 4.78 is 23.5. The third-order valence-corrected chi connectivity index (χ3v) is 4.40. The molecular formula is C23H13FN2O6. The molecule has 4 rings (SSSR count). The highest BCUT2D eigenvalue weighted by atomic mass is 19.1. The number of aliphatic imine (C=N–C) groups is 1. The van der Waals surface area contributed by atoms with Gasteiger partial charge in [-0.25, -0.2) is 19.0 Å². The van der Waals surface area contributed by atoms with E-state index in [-0.39, 0.29) is 28.6 Å². The van der Waals surface area contributed by atoms with E-state index in [1.807, 2.05) is 0 Å². The van der Waals surface area contributed by atoms with Gasteiger partial charge >= 0.3 is 11.9 Å². The van der Waals surface area contributed by atoms with E-state index >= 15 is 0 Å². The summed E-state index contributed by atoms with van der Waals surface area (Å²) in [6.07, 6.45) is 1.46. The summed E-state index contributed by atoms with van der Waals surface area (Å²) in [6, 6.07) is 16.7. The van der Waals surface area contributed by atoms with E-state index in [1.165, 1.54) is 60.7 Å². The Balaban J connectivity index is 1.51. The van der Waals surface area contributed by atoms with Gasteiger partial charge in [-0.2, -0.15) is 0 Å². The second kappa shape index (κ2) is 8.60. The highest BCUT2D eigenvalue weighted by Gasteiger charge is 2.24. The van der Waals surface area contributed by atoms with Crippen LogP contribution < -0.4 is 4.74 Å². The fourth-order valence-corrected chi connectivity index (χ4v) is 2.84. The second-order valence-electron chi connectivity index (χ2n) is 6.61. The van der Waals surface area contributed by atoms with Crippen LogP contribution in [-0.2, 0) is 9.53 Å². The van der Waals surface area contributed by atoms with E-state index in [4.69, 9.17) is 9.47 Å². The van der Waals surface area contributed by atoms with Gasteiger partial charge in [-0.3, -0.25) is 10.1 Å². The van der Waals surface area contributed by atoms with Crippen molar-refractivity contribution in [3.8, 4) is 5.75 Å². The Kier molecular flexibility index (Phi) is 5.54. The van der Waals surface area contributed by atoms with E-state index in [9.17, 15) is 24.1 Å². The molecule has 0 atom stereocenters. The molecule has 0 unspecified atom stereocenters. The average molecular weight is 432 g/mol. The third-order valence-electron chi connectivity index (χ3n) is 4.40. The van der Waals surface area contributed by atoms with E-state index < -0.39 is 22.7 Å². The van der Waals surface area contributed by atoms with Crippen LogP contribution in [0.3, 0.4) is 0 Å². The molecule has 0 aromatic heterocycles. The summed E-state index contributed by atoms with van der Waals surface area (Å²) in [7, 11) is 0. The van der Waals surface area contributed by atoms with Crippen molar-refractivity contribution in [1.82, 2.24) is 0 Å². The van der Waals surface area contributed by atoms with Gasteiger partial charge < -0.3 is 9.47 Å².